The van der Waals surface area contributed by atoms with Crippen LogP contribution in [0.5, 0.6) is 0 Å². The second-order valence-electron chi connectivity index (χ2n) is 4.41. The summed E-state index contributed by atoms with van der Waals surface area (Å²) in [5.74, 6) is 0.355. The van der Waals surface area contributed by atoms with Crippen LogP contribution >= 0.6 is 11.6 Å². The van der Waals surface area contributed by atoms with Crippen molar-refractivity contribution < 1.29 is 9.59 Å². The first-order valence-electron chi connectivity index (χ1n) is 6.27. The van der Waals surface area contributed by atoms with Gasteiger partial charge in [0.25, 0.3) is 11.8 Å². The highest BCUT2D eigenvalue weighted by molar-refractivity contribution is 6.21. The Kier molecular flexibility index (Phi) is 4.37. The Bertz CT molecular complexity index is 424. The Labute approximate surface area is 112 Å². The van der Waals surface area contributed by atoms with Crippen molar-refractivity contribution >= 4 is 23.4 Å². The first kappa shape index (κ1) is 13.1. The minimum absolute atomic E-state index is 0.159. The first-order valence-corrected chi connectivity index (χ1v) is 6.80. The molecule has 3 nitrogen and oxygen atoms in total. The van der Waals surface area contributed by atoms with Gasteiger partial charge in [-0.2, -0.15) is 0 Å². The van der Waals surface area contributed by atoms with E-state index in [0.29, 0.717) is 23.6 Å². The Balaban J connectivity index is 1.93. The molecule has 0 atom stereocenters. The summed E-state index contributed by atoms with van der Waals surface area (Å²) < 4.78 is 0. The van der Waals surface area contributed by atoms with Gasteiger partial charge < -0.3 is 0 Å². The number of benzene rings is 1. The van der Waals surface area contributed by atoms with Gasteiger partial charge in [0, 0.05) is 12.4 Å². The number of carbonyl (C=O) groups excluding carboxylic acids is 2. The van der Waals surface area contributed by atoms with E-state index in [1.54, 1.807) is 24.3 Å². The fourth-order valence-corrected chi connectivity index (χ4v) is 2.35. The highest BCUT2D eigenvalue weighted by atomic mass is 35.5. The van der Waals surface area contributed by atoms with Crippen molar-refractivity contribution in [1.82, 2.24) is 4.90 Å². The van der Waals surface area contributed by atoms with Crippen molar-refractivity contribution in [2.24, 2.45) is 0 Å². The maximum atomic E-state index is 12.0. The highest BCUT2D eigenvalue weighted by Gasteiger charge is 2.34. The highest BCUT2D eigenvalue weighted by Crippen LogP contribution is 2.22. The van der Waals surface area contributed by atoms with Gasteiger partial charge in [-0.25, -0.2) is 0 Å². The molecule has 0 aliphatic carbocycles. The van der Waals surface area contributed by atoms with Gasteiger partial charge in [0.1, 0.15) is 0 Å². The van der Waals surface area contributed by atoms with Crippen LogP contribution < -0.4 is 0 Å². The number of carbonyl (C=O) groups is 2. The average Bonchev–Trinajstić information content (AvgIpc) is 2.64. The Morgan fingerprint density at radius 2 is 1.44 bits per heavy atom. The molecule has 1 aromatic carbocycles. The molecule has 0 fully saturated rings. The minimum Gasteiger partial charge on any atom is -0.274 e. The summed E-state index contributed by atoms with van der Waals surface area (Å²) >= 11 is 5.60. The smallest absolute Gasteiger partial charge is 0.261 e. The summed E-state index contributed by atoms with van der Waals surface area (Å²) in [5.41, 5.74) is 1.06. The lowest BCUT2D eigenvalue weighted by Crippen LogP contribution is -2.30. The summed E-state index contributed by atoms with van der Waals surface area (Å²) in [7, 11) is 0. The lowest BCUT2D eigenvalue weighted by atomic mass is 10.1. The molecule has 0 radical (unpaired) electrons. The number of hydrogen-bond donors (Lipinski definition) is 0. The predicted molar refractivity (Wildman–Crippen MR) is 71.0 cm³/mol. The molecule has 0 saturated carbocycles. The van der Waals surface area contributed by atoms with Crippen molar-refractivity contribution in [3.8, 4) is 0 Å². The van der Waals surface area contributed by atoms with Gasteiger partial charge in [-0.15, -0.1) is 11.6 Å². The second-order valence-corrected chi connectivity index (χ2v) is 4.79. The zero-order valence-corrected chi connectivity index (χ0v) is 10.9. The van der Waals surface area contributed by atoms with Crippen molar-refractivity contribution in [3.63, 3.8) is 0 Å². The number of rotatable bonds is 6. The monoisotopic (exact) mass is 265 g/mol. The summed E-state index contributed by atoms with van der Waals surface area (Å²) in [6.07, 6.45) is 3.89. The van der Waals surface area contributed by atoms with Gasteiger partial charge in [-0.1, -0.05) is 25.0 Å². The van der Waals surface area contributed by atoms with Crippen molar-refractivity contribution in [2.75, 3.05) is 12.4 Å². The molecule has 2 rings (SSSR count). The van der Waals surface area contributed by atoms with Gasteiger partial charge in [-0.05, 0) is 25.0 Å². The second kappa shape index (κ2) is 6.01. The van der Waals surface area contributed by atoms with E-state index in [9.17, 15) is 9.59 Å². The van der Waals surface area contributed by atoms with Crippen LogP contribution in [0.4, 0.5) is 0 Å². The van der Waals surface area contributed by atoms with Gasteiger partial charge in [0.2, 0.25) is 0 Å². The summed E-state index contributed by atoms with van der Waals surface area (Å²) in [5, 5.41) is 0. The van der Waals surface area contributed by atoms with Gasteiger partial charge in [0.05, 0.1) is 11.1 Å². The SMILES string of the molecule is O=C1c2ccccc2C(=O)N1CCCCCCCl. The minimum atomic E-state index is -0.159. The first-order chi connectivity index (χ1) is 8.75. The third-order valence-electron chi connectivity index (χ3n) is 3.14. The zero-order valence-electron chi connectivity index (χ0n) is 10.2. The molecule has 0 spiro atoms. The standard InChI is InChI=1S/C14H16ClNO2/c15-9-5-1-2-6-10-16-13(17)11-7-3-4-8-12(11)14(16)18/h3-4,7-8H,1-2,5-6,9-10H2. The molecule has 0 aromatic heterocycles. The van der Waals surface area contributed by atoms with E-state index in [0.717, 1.165) is 25.7 Å². The number of nitrogens with zero attached hydrogens (tertiary/aromatic N) is 1. The third kappa shape index (κ3) is 2.56. The van der Waals surface area contributed by atoms with Crippen molar-refractivity contribution in [1.29, 1.82) is 0 Å². The maximum absolute atomic E-state index is 12.0. The molecule has 18 heavy (non-hydrogen) atoms. The van der Waals surface area contributed by atoms with E-state index in [1.807, 2.05) is 0 Å². The molecule has 0 saturated heterocycles. The molecule has 1 heterocycles. The van der Waals surface area contributed by atoms with Crippen molar-refractivity contribution in [3.05, 3.63) is 35.4 Å². The molecule has 0 N–H and O–H groups in total. The van der Waals surface area contributed by atoms with E-state index in [4.69, 9.17) is 11.6 Å². The van der Waals surface area contributed by atoms with E-state index < -0.39 is 0 Å². The summed E-state index contributed by atoms with van der Waals surface area (Å²) in [6, 6.07) is 6.99. The normalized spacial score (nSPS) is 14.2. The summed E-state index contributed by atoms with van der Waals surface area (Å²) in [4.78, 5) is 25.4. The number of alkyl halides is 1. The molecule has 1 aromatic rings. The molecule has 1 aliphatic heterocycles. The Morgan fingerprint density at radius 3 is 2.00 bits per heavy atom. The number of amides is 2. The fraction of sp³-hybridized carbons (Fsp3) is 0.429. The molecular formula is C14H16ClNO2. The van der Waals surface area contributed by atoms with Crippen LogP contribution in [-0.4, -0.2) is 29.1 Å². The Hall–Kier alpha value is -1.35. The molecule has 1 aliphatic rings. The van der Waals surface area contributed by atoms with E-state index in [2.05, 4.69) is 0 Å². The van der Waals surface area contributed by atoms with Gasteiger partial charge >= 0.3 is 0 Å². The van der Waals surface area contributed by atoms with Crippen LogP contribution in [0.25, 0.3) is 0 Å². The third-order valence-corrected chi connectivity index (χ3v) is 3.41. The number of halogens is 1. The van der Waals surface area contributed by atoms with Crippen LogP contribution in [0.2, 0.25) is 0 Å². The van der Waals surface area contributed by atoms with Crippen LogP contribution in [0, 0.1) is 0 Å². The van der Waals surface area contributed by atoms with Crippen LogP contribution in [0.1, 0.15) is 46.4 Å². The number of unbranched alkanes of at least 4 members (excludes halogenated alkanes) is 3. The molecule has 2 amide bonds. The zero-order chi connectivity index (χ0) is 13.0. The van der Waals surface area contributed by atoms with Gasteiger partial charge in [-0.3, -0.25) is 14.5 Å². The average molecular weight is 266 g/mol. The molecule has 0 bridgehead atoms. The van der Waals surface area contributed by atoms with Crippen molar-refractivity contribution in [2.45, 2.75) is 25.7 Å². The summed E-state index contributed by atoms with van der Waals surface area (Å²) in [6.45, 7) is 0.509. The van der Waals surface area contributed by atoms with E-state index in [-0.39, 0.29) is 11.8 Å². The molecular weight excluding hydrogens is 250 g/mol. The van der Waals surface area contributed by atoms with Crippen LogP contribution in [0.15, 0.2) is 24.3 Å². The molecule has 4 heteroatoms. The number of fused-ring (bicyclic) bond motifs is 1. The maximum Gasteiger partial charge on any atom is 0.261 e. The topological polar surface area (TPSA) is 37.4 Å². The molecule has 0 unspecified atom stereocenters. The van der Waals surface area contributed by atoms with E-state index >= 15 is 0 Å². The van der Waals surface area contributed by atoms with Crippen LogP contribution in [0.3, 0.4) is 0 Å². The van der Waals surface area contributed by atoms with E-state index in [1.165, 1.54) is 4.90 Å². The number of imide groups is 1. The lowest BCUT2D eigenvalue weighted by Gasteiger charge is -2.13. The predicted octanol–water partition coefficient (Wildman–Crippen LogP) is 3.08. The Morgan fingerprint density at radius 1 is 0.889 bits per heavy atom. The molecule has 96 valence electrons. The van der Waals surface area contributed by atoms with Gasteiger partial charge in [0.15, 0.2) is 0 Å². The largest absolute Gasteiger partial charge is 0.274 e. The quantitative estimate of drug-likeness (QED) is 0.450. The number of hydrogen-bond acceptors (Lipinski definition) is 2. The fourth-order valence-electron chi connectivity index (χ4n) is 2.16. The van der Waals surface area contributed by atoms with Crippen LogP contribution in [-0.2, 0) is 0 Å². The lowest BCUT2D eigenvalue weighted by molar-refractivity contribution is 0.0651.